The van der Waals surface area contributed by atoms with Crippen LogP contribution >= 0.6 is 0 Å². The molecule has 25 heavy (non-hydrogen) atoms. The van der Waals surface area contributed by atoms with Crippen molar-refractivity contribution in [3.05, 3.63) is 64.7 Å². The molecule has 2 amide bonds. The number of carbonyl (C=O) groups excluding carboxylic acids is 2. The average Bonchev–Trinajstić information content (AvgIpc) is 3.39. The van der Waals surface area contributed by atoms with Gasteiger partial charge in [-0.05, 0) is 56.4 Å². The van der Waals surface area contributed by atoms with Crippen molar-refractivity contribution in [2.75, 3.05) is 5.32 Å². The van der Waals surface area contributed by atoms with Crippen molar-refractivity contribution < 1.29 is 9.59 Å². The molecule has 4 nitrogen and oxygen atoms in total. The van der Waals surface area contributed by atoms with Crippen LogP contribution in [-0.2, 0) is 16.1 Å². The number of benzene rings is 2. The van der Waals surface area contributed by atoms with Crippen LogP contribution in [0, 0.1) is 26.2 Å². The van der Waals surface area contributed by atoms with E-state index in [4.69, 9.17) is 0 Å². The molecule has 1 saturated carbocycles. The normalized spacial score (nSPS) is 14.7. The summed E-state index contributed by atoms with van der Waals surface area (Å²) < 4.78 is 0. The van der Waals surface area contributed by atoms with Crippen molar-refractivity contribution in [3.63, 3.8) is 0 Å². The zero-order valence-corrected chi connectivity index (χ0v) is 15.0. The second kappa shape index (κ2) is 6.71. The molecule has 2 N–H and O–H groups in total. The Morgan fingerprint density at radius 2 is 1.72 bits per heavy atom. The zero-order chi connectivity index (χ0) is 18.0. The first-order valence-electron chi connectivity index (χ1n) is 8.64. The maximum absolute atomic E-state index is 12.7. The molecule has 0 aromatic heterocycles. The Bertz CT molecular complexity index is 822. The lowest BCUT2D eigenvalue weighted by Gasteiger charge is -2.17. The predicted molar refractivity (Wildman–Crippen MR) is 99.2 cm³/mol. The molecule has 3 rings (SSSR count). The summed E-state index contributed by atoms with van der Waals surface area (Å²) in [5, 5.41) is 5.86. The summed E-state index contributed by atoms with van der Waals surface area (Å²) in [6.45, 7) is 6.44. The first-order valence-corrected chi connectivity index (χ1v) is 8.64. The number of carbonyl (C=O) groups is 2. The number of aryl methyl sites for hydroxylation is 2. The van der Waals surface area contributed by atoms with Crippen LogP contribution in [0.15, 0.2) is 42.5 Å². The van der Waals surface area contributed by atoms with E-state index in [0.29, 0.717) is 19.4 Å². The standard InChI is InChI=1S/C21H24N2O2/c1-14-6-4-8-17(12-14)13-22-19(24)21(10-11-21)20(25)23-18-9-5-7-15(2)16(18)3/h4-9,12H,10-11,13H2,1-3H3,(H,22,24)(H,23,25). The summed E-state index contributed by atoms with van der Waals surface area (Å²) >= 11 is 0. The summed E-state index contributed by atoms with van der Waals surface area (Å²) in [5.74, 6) is -0.389. The number of amides is 2. The van der Waals surface area contributed by atoms with Crippen molar-refractivity contribution in [2.24, 2.45) is 5.41 Å². The molecule has 0 spiro atoms. The minimum Gasteiger partial charge on any atom is -0.351 e. The molecule has 2 aromatic carbocycles. The van der Waals surface area contributed by atoms with Gasteiger partial charge in [0.05, 0.1) is 0 Å². The molecule has 130 valence electrons. The van der Waals surface area contributed by atoms with Gasteiger partial charge < -0.3 is 10.6 Å². The van der Waals surface area contributed by atoms with Crippen LogP contribution in [0.1, 0.15) is 35.1 Å². The molecular weight excluding hydrogens is 312 g/mol. The van der Waals surface area contributed by atoms with Crippen LogP contribution in [0.2, 0.25) is 0 Å². The van der Waals surface area contributed by atoms with Crippen LogP contribution < -0.4 is 10.6 Å². The van der Waals surface area contributed by atoms with E-state index in [1.165, 1.54) is 0 Å². The Morgan fingerprint density at radius 3 is 2.40 bits per heavy atom. The summed E-state index contributed by atoms with van der Waals surface area (Å²) in [4.78, 5) is 25.3. The van der Waals surface area contributed by atoms with Gasteiger partial charge in [-0.3, -0.25) is 9.59 Å². The van der Waals surface area contributed by atoms with Crippen molar-refractivity contribution in [2.45, 2.75) is 40.2 Å². The molecule has 0 atom stereocenters. The molecule has 0 aliphatic heterocycles. The highest BCUT2D eigenvalue weighted by atomic mass is 16.2. The summed E-state index contributed by atoms with van der Waals surface area (Å²) in [6.07, 6.45) is 1.20. The van der Waals surface area contributed by atoms with Gasteiger partial charge in [0.1, 0.15) is 5.41 Å². The number of anilines is 1. The third-order valence-corrected chi connectivity index (χ3v) is 5.01. The number of hydrogen-bond acceptors (Lipinski definition) is 2. The molecule has 0 saturated heterocycles. The molecule has 1 aliphatic rings. The second-order valence-electron chi connectivity index (χ2n) is 6.96. The molecule has 0 heterocycles. The van der Waals surface area contributed by atoms with Gasteiger partial charge in [0.15, 0.2) is 0 Å². The molecule has 1 aliphatic carbocycles. The number of hydrogen-bond donors (Lipinski definition) is 2. The molecule has 0 bridgehead atoms. The number of nitrogens with one attached hydrogen (secondary N) is 2. The fourth-order valence-electron chi connectivity index (χ4n) is 2.98. The van der Waals surface area contributed by atoms with Crippen LogP contribution in [0.5, 0.6) is 0 Å². The third kappa shape index (κ3) is 3.58. The van der Waals surface area contributed by atoms with Crippen LogP contribution in [0.3, 0.4) is 0 Å². The molecule has 2 aromatic rings. The van der Waals surface area contributed by atoms with Gasteiger partial charge in [-0.2, -0.15) is 0 Å². The first-order chi connectivity index (χ1) is 11.9. The highest BCUT2D eigenvalue weighted by Crippen LogP contribution is 2.47. The lowest BCUT2D eigenvalue weighted by atomic mass is 10.0. The highest BCUT2D eigenvalue weighted by Gasteiger charge is 2.56. The Hall–Kier alpha value is -2.62. The fourth-order valence-corrected chi connectivity index (χ4v) is 2.98. The lowest BCUT2D eigenvalue weighted by Crippen LogP contribution is -2.39. The summed E-state index contributed by atoms with van der Waals surface area (Å²) in [6, 6.07) is 13.8. The van der Waals surface area contributed by atoms with E-state index in [9.17, 15) is 9.59 Å². The van der Waals surface area contributed by atoms with E-state index >= 15 is 0 Å². The predicted octanol–water partition coefficient (Wildman–Crippen LogP) is 3.65. The van der Waals surface area contributed by atoms with Gasteiger partial charge in [-0.15, -0.1) is 0 Å². The quantitative estimate of drug-likeness (QED) is 0.819. The van der Waals surface area contributed by atoms with Gasteiger partial charge in [-0.25, -0.2) is 0 Å². The Kier molecular flexibility index (Phi) is 4.62. The smallest absolute Gasteiger partial charge is 0.240 e. The second-order valence-corrected chi connectivity index (χ2v) is 6.96. The van der Waals surface area contributed by atoms with E-state index < -0.39 is 5.41 Å². The van der Waals surface area contributed by atoms with E-state index in [1.54, 1.807) is 0 Å². The topological polar surface area (TPSA) is 58.2 Å². The van der Waals surface area contributed by atoms with E-state index in [1.807, 2.05) is 63.2 Å². The monoisotopic (exact) mass is 336 g/mol. The fraction of sp³-hybridized carbons (Fsp3) is 0.333. The van der Waals surface area contributed by atoms with Crippen LogP contribution in [0.25, 0.3) is 0 Å². The highest BCUT2D eigenvalue weighted by molar-refractivity contribution is 6.13. The SMILES string of the molecule is Cc1cccc(CNC(=O)C2(C(=O)Nc3cccc(C)c3C)CC2)c1. The summed E-state index contributed by atoms with van der Waals surface area (Å²) in [7, 11) is 0. The van der Waals surface area contributed by atoms with Crippen LogP contribution in [0.4, 0.5) is 5.69 Å². The van der Waals surface area contributed by atoms with Crippen molar-refractivity contribution in [3.8, 4) is 0 Å². The Morgan fingerprint density at radius 1 is 1.00 bits per heavy atom. The minimum absolute atomic E-state index is 0.184. The minimum atomic E-state index is -0.917. The van der Waals surface area contributed by atoms with E-state index in [2.05, 4.69) is 10.6 Å². The summed E-state index contributed by atoms with van der Waals surface area (Å²) in [5.41, 5.74) is 4.21. The maximum Gasteiger partial charge on any atom is 0.240 e. The van der Waals surface area contributed by atoms with Gasteiger partial charge in [0.2, 0.25) is 11.8 Å². The Labute approximate surface area is 148 Å². The molecular formula is C21H24N2O2. The van der Waals surface area contributed by atoms with Gasteiger partial charge in [0.25, 0.3) is 0 Å². The molecule has 4 heteroatoms. The molecule has 1 fully saturated rings. The van der Waals surface area contributed by atoms with E-state index in [-0.39, 0.29) is 11.8 Å². The largest absolute Gasteiger partial charge is 0.351 e. The van der Waals surface area contributed by atoms with Crippen molar-refractivity contribution >= 4 is 17.5 Å². The molecule has 0 radical (unpaired) electrons. The van der Waals surface area contributed by atoms with Crippen LogP contribution in [-0.4, -0.2) is 11.8 Å². The average molecular weight is 336 g/mol. The third-order valence-electron chi connectivity index (χ3n) is 5.01. The number of rotatable bonds is 5. The lowest BCUT2D eigenvalue weighted by molar-refractivity contribution is -0.134. The van der Waals surface area contributed by atoms with Crippen molar-refractivity contribution in [1.82, 2.24) is 5.32 Å². The first kappa shape index (κ1) is 17.2. The Balaban J connectivity index is 1.65. The van der Waals surface area contributed by atoms with Gasteiger partial charge in [-0.1, -0.05) is 42.0 Å². The molecule has 0 unspecified atom stereocenters. The van der Waals surface area contributed by atoms with E-state index in [0.717, 1.165) is 27.9 Å². The maximum atomic E-state index is 12.7. The van der Waals surface area contributed by atoms with Crippen molar-refractivity contribution in [1.29, 1.82) is 0 Å². The van der Waals surface area contributed by atoms with Gasteiger partial charge >= 0.3 is 0 Å². The van der Waals surface area contributed by atoms with Gasteiger partial charge in [0, 0.05) is 12.2 Å². The zero-order valence-electron chi connectivity index (χ0n) is 15.0.